The molecule has 0 spiro atoms. The minimum absolute atomic E-state index is 0.805. The van der Waals surface area contributed by atoms with Crippen molar-refractivity contribution in [1.29, 1.82) is 0 Å². The zero-order valence-corrected chi connectivity index (χ0v) is 15.3. The lowest BCUT2D eigenvalue weighted by molar-refractivity contribution is 0.635. The molecule has 0 radical (unpaired) electrons. The SMILES string of the molecule is CCNc1cc(C)nc(N2CCN(c3ncnc4ccsc34)CC2)n1. The molecule has 1 aliphatic heterocycles. The first-order chi connectivity index (χ1) is 12.2. The summed E-state index contributed by atoms with van der Waals surface area (Å²) in [6.45, 7) is 8.50. The lowest BCUT2D eigenvalue weighted by atomic mass is 10.3. The smallest absolute Gasteiger partial charge is 0.227 e. The van der Waals surface area contributed by atoms with Crippen LogP contribution in [0.25, 0.3) is 10.2 Å². The summed E-state index contributed by atoms with van der Waals surface area (Å²) in [5.74, 6) is 2.74. The number of rotatable bonds is 4. The molecule has 1 fully saturated rings. The molecule has 0 saturated carbocycles. The van der Waals surface area contributed by atoms with Gasteiger partial charge < -0.3 is 15.1 Å². The molecule has 4 rings (SSSR count). The number of nitrogens with one attached hydrogen (secondary N) is 1. The quantitative estimate of drug-likeness (QED) is 0.771. The number of hydrogen-bond acceptors (Lipinski definition) is 8. The third kappa shape index (κ3) is 3.21. The van der Waals surface area contributed by atoms with E-state index in [4.69, 9.17) is 0 Å². The first-order valence-corrected chi connectivity index (χ1v) is 9.40. The summed E-state index contributed by atoms with van der Waals surface area (Å²) in [5.41, 5.74) is 2.01. The summed E-state index contributed by atoms with van der Waals surface area (Å²) in [6.07, 6.45) is 1.66. The van der Waals surface area contributed by atoms with E-state index >= 15 is 0 Å². The highest BCUT2D eigenvalue weighted by atomic mass is 32.1. The Labute approximate surface area is 150 Å². The molecule has 0 unspecified atom stereocenters. The standard InChI is InChI=1S/C17H21N7S/c1-3-18-14-10-12(2)21-17(22-14)24-7-5-23(6-8-24)16-15-13(4-9-25-15)19-11-20-16/h4,9-11H,3,5-8H2,1-2H3,(H,18,21,22). The summed E-state index contributed by atoms with van der Waals surface area (Å²) in [5, 5.41) is 5.35. The van der Waals surface area contributed by atoms with Crippen molar-refractivity contribution in [2.45, 2.75) is 13.8 Å². The Kier molecular flexibility index (Phi) is 4.35. The number of aryl methyl sites for hydroxylation is 1. The van der Waals surface area contributed by atoms with Crippen LogP contribution in [0.4, 0.5) is 17.6 Å². The average molecular weight is 355 g/mol. The van der Waals surface area contributed by atoms with Crippen LogP contribution < -0.4 is 15.1 Å². The fourth-order valence-electron chi connectivity index (χ4n) is 3.09. The van der Waals surface area contributed by atoms with Crippen molar-refractivity contribution in [2.75, 3.05) is 47.8 Å². The topological polar surface area (TPSA) is 70.1 Å². The van der Waals surface area contributed by atoms with Gasteiger partial charge in [-0.3, -0.25) is 0 Å². The summed E-state index contributed by atoms with van der Waals surface area (Å²) in [6, 6.07) is 4.03. The van der Waals surface area contributed by atoms with E-state index in [2.05, 4.69) is 47.4 Å². The van der Waals surface area contributed by atoms with Crippen LogP contribution in [-0.2, 0) is 0 Å². The Morgan fingerprint density at radius 3 is 2.72 bits per heavy atom. The van der Waals surface area contributed by atoms with Gasteiger partial charge in [0.25, 0.3) is 0 Å². The molecule has 0 amide bonds. The average Bonchev–Trinajstić information content (AvgIpc) is 3.10. The van der Waals surface area contributed by atoms with Crippen LogP contribution in [0.2, 0.25) is 0 Å². The van der Waals surface area contributed by atoms with Gasteiger partial charge in [0.1, 0.15) is 18.0 Å². The molecule has 0 atom stereocenters. The van der Waals surface area contributed by atoms with Crippen molar-refractivity contribution in [2.24, 2.45) is 0 Å². The zero-order chi connectivity index (χ0) is 17.2. The maximum absolute atomic E-state index is 4.65. The molecule has 0 bridgehead atoms. The molecule has 3 aromatic rings. The van der Waals surface area contributed by atoms with Crippen LogP contribution in [0.3, 0.4) is 0 Å². The predicted molar refractivity (Wildman–Crippen MR) is 103 cm³/mol. The highest BCUT2D eigenvalue weighted by molar-refractivity contribution is 7.17. The minimum atomic E-state index is 0.805. The summed E-state index contributed by atoms with van der Waals surface area (Å²) < 4.78 is 1.16. The first-order valence-electron chi connectivity index (χ1n) is 8.52. The second kappa shape index (κ2) is 6.79. The summed E-state index contributed by atoms with van der Waals surface area (Å²) in [4.78, 5) is 22.7. The van der Waals surface area contributed by atoms with Crippen molar-refractivity contribution >= 4 is 39.1 Å². The second-order valence-electron chi connectivity index (χ2n) is 6.03. The molecular weight excluding hydrogens is 334 g/mol. The van der Waals surface area contributed by atoms with Crippen LogP contribution in [0.1, 0.15) is 12.6 Å². The van der Waals surface area contributed by atoms with Crippen LogP contribution in [-0.4, -0.2) is 52.7 Å². The van der Waals surface area contributed by atoms with Crippen molar-refractivity contribution in [1.82, 2.24) is 19.9 Å². The van der Waals surface area contributed by atoms with E-state index in [1.165, 1.54) is 0 Å². The van der Waals surface area contributed by atoms with Gasteiger partial charge in [0.05, 0.1) is 10.2 Å². The van der Waals surface area contributed by atoms with Gasteiger partial charge in [0.15, 0.2) is 0 Å². The van der Waals surface area contributed by atoms with Crippen LogP contribution in [0.15, 0.2) is 23.8 Å². The van der Waals surface area contributed by atoms with Crippen LogP contribution >= 0.6 is 11.3 Å². The van der Waals surface area contributed by atoms with E-state index < -0.39 is 0 Å². The predicted octanol–water partition coefficient (Wildman–Crippen LogP) is 2.55. The van der Waals surface area contributed by atoms with Gasteiger partial charge in [0.2, 0.25) is 5.95 Å². The van der Waals surface area contributed by atoms with Crippen molar-refractivity contribution in [3.8, 4) is 0 Å². The van der Waals surface area contributed by atoms with E-state index in [0.717, 1.165) is 66.2 Å². The number of thiophene rings is 1. The molecule has 25 heavy (non-hydrogen) atoms. The number of aromatic nitrogens is 4. The highest BCUT2D eigenvalue weighted by Crippen LogP contribution is 2.28. The molecule has 1 aliphatic rings. The Morgan fingerprint density at radius 1 is 1.12 bits per heavy atom. The monoisotopic (exact) mass is 355 g/mol. The van der Waals surface area contributed by atoms with Gasteiger partial charge in [0, 0.05) is 44.5 Å². The molecule has 0 aromatic carbocycles. The second-order valence-corrected chi connectivity index (χ2v) is 6.95. The Hall–Kier alpha value is -2.48. The van der Waals surface area contributed by atoms with E-state index in [9.17, 15) is 0 Å². The van der Waals surface area contributed by atoms with E-state index in [-0.39, 0.29) is 0 Å². The van der Waals surface area contributed by atoms with Crippen molar-refractivity contribution in [3.05, 3.63) is 29.5 Å². The molecule has 8 heteroatoms. The largest absolute Gasteiger partial charge is 0.370 e. The molecule has 3 aromatic heterocycles. The van der Waals surface area contributed by atoms with Gasteiger partial charge in [-0.25, -0.2) is 15.0 Å². The van der Waals surface area contributed by atoms with Gasteiger partial charge in [-0.1, -0.05) is 0 Å². The van der Waals surface area contributed by atoms with Gasteiger partial charge in [-0.15, -0.1) is 11.3 Å². The van der Waals surface area contributed by atoms with E-state index in [1.807, 2.05) is 19.1 Å². The number of nitrogens with zero attached hydrogens (tertiary/aromatic N) is 6. The molecule has 7 nitrogen and oxygen atoms in total. The van der Waals surface area contributed by atoms with Gasteiger partial charge in [-0.2, -0.15) is 4.98 Å². The molecule has 0 aliphatic carbocycles. The lowest BCUT2D eigenvalue weighted by Gasteiger charge is -2.35. The molecule has 1 N–H and O–H groups in total. The van der Waals surface area contributed by atoms with Crippen LogP contribution in [0.5, 0.6) is 0 Å². The van der Waals surface area contributed by atoms with Gasteiger partial charge >= 0.3 is 0 Å². The lowest BCUT2D eigenvalue weighted by Crippen LogP contribution is -2.47. The Bertz CT molecular complexity index is 870. The number of fused-ring (bicyclic) bond motifs is 1. The molecule has 4 heterocycles. The minimum Gasteiger partial charge on any atom is -0.370 e. The zero-order valence-electron chi connectivity index (χ0n) is 14.4. The summed E-state index contributed by atoms with van der Waals surface area (Å²) in [7, 11) is 0. The Morgan fingerprint density at radius 2 is 1.92 bits per heavy atom. The van der Waals surface area contributed by atoms with E-state index in [1.54, 1.807) is 17.7 Å². The fraction of sp³-hybridized carbons (Fsp3) is 0.412. The molecular formula is C17H21N7S. The number of anilines is 3. The number of piperazine rings is 1. The van der Waals surface area contributed by atoms with Crippen LogP contribution in [0, 0.1) is 6.92 Å². The normalized spacial score (nSPS) is 15.0. The molecule has 130 valence electrons. The molecule has 1 saturated heterocycles. The number of hydrogen-bond donors (Lipinski definition) is 1. The van der Waals surface area contributed by atoms with Gasteiger partial charge in [-0.05, 0) is 25.3 Å². The van der Waals surface area contributed by atoms with Crippen molar-refractivity contribution < 1.29 is 0 Å². The third-order valence-corrected chi connectivity index (χ3v) is 5.19. The van der Waals surface area contributed by atoms with Crippen molar-refractivity contribution in [3.63, 3.8) is 0 Å². The Balaban J connectivity index is 1.51. The first kappa shape index (κ1) is 16.0. The van der Waals surface area contributed by atoms with E-state index in [0.29, 0.717) is 0 Å². The fourth-order valence-corrected chi connectivity index (χ4v) is 3.95. The highest BCUT2D eigenvalue weighted by Gasteiger charge is 2.22. The third-order valence-electron chi connectivity index (χ3n) is 4.29. The maximum Gasteiger partial charge on any atom is 0.227 e. The maximum atomic E-state index is 4.65. The summed E-state index contributed by atoms with van der Waals surface area (Å²) >= 11 is 1.70.